The van der Waals surface area contributed by atoms with Gasteiger partial charge in [0.05, 0.1) is 0 Å². The molecule has 1 amide bonds. The molecule has 0 aliphatic carbocycles. The number of rotatable bonds is 7. The van der Waals surface area contributed by atoms with Gasteiger partial charge in [0.1, 0.15) is 5.75 Å². The Balaban J connectivity index is 1.28. The van der Waals surface area contributed by atoms with Crippen LogP contribution in [0.2, 0.25) is 0 Å². The number of hydrogen-bond acceptors (Lipinski definition) is 7. The predicted octanol–water partition coefficient (Wildman–Crippen LogP) is 5.06. The van der Waals surface area contributed by atoms with E-state index in [0.717, 1.165) is 20.9 Å². The minimum Gasteiger partial charge on any atom is -0.484 e. The van der Waals surface area contributed by atoms with E-state index < -0.39 is 0 Å². The van der Waals surface area contributed by atoms with Gasteiger partial charge in [-0.15, -0.1) is 21.5 Å². The fourth-order valence-corrected chi connectivity index (χ4v) is 4.95. The summed E-state index contributed by atoms with van der Waals surface area (Å²) in [4.78, 5) is 13.4. The maximum absolute atomic E-state index is 12.1. The molecule has 0 saturated carbocycles. The van der Waals surface area contributed by atoms with Crippen LogP contribution in [0.3, 0.4) is 0 Å². The molecule has 0 aliphatic rings. The Morgan fingerprint density at radius 1 is 1.07 bits per heavy atom. The van der Waals surface area contributed by atoms with E-state index in [0.29, 0.717) is 10.9 Å². The topological polar surface area (TPSA) is 64.1 Å². The van der Waals surface area contributed by atoms with E-state index in [2.05, 4.69) is 27.0 Å². The molecule has 8 heteroatoms. The first kappa shape index (κ1) is 18.0. The predicted molar refractivity (Wildman–Crippen MR) is 112 cm³/mol. The summed E-state index contributed by atoms with van der Waals surface area (Å²) in [5.41, 5.74) is 0. The number of aromatic nitrogens is 2. The van der Waals surface area contributed by atoms with E-state index in [1.165, 1.54) is 16.2 Å². The van der Waals surface area contributed by atoms with Crippen molar-refractivity contribution >= 4 is 56.2 Å². The lowest BCUT2D eigenvalue weighted by atomic mass is 10.1. The number of nitrogens with zero attached hydrogens (tertiary/aromatic N) is 2. The molecule has 0 bridgehead atoms. The molecule has 2 aromatic heterocycles. The third kappa shape index (κ3) is 4.85. The molecular weight excluding hydrogens is 398 g/mol. The van der Waals surface area contributed by atoms with E-state index in [1.807, 2.05) is 48.5 Å². The van der Waals surface area contributed by atoms with Crippen LogP contribution in [0.1, 0.15) is 4.88 Å². The quantitative estimate of drug-likeness (QED) is 0.339. The van der Waals surface area contributed by atoms with Crippen LogP contribution in [-0.2, 0) is 10.5 Å². The number of nitrogens with one attached hydrogen (secondary N) is 1. The molecule has 27 heavy (non-hydrogen) atoms. The Morgan fingerprint density at radius 3 is 2.81 bits per heavy atom. The Bertz CT molecular complexity index is 1050. The molecule has 0 spiro atoms. The number of anilines is 1. The first-order chi connectivity index (χ1) is 13.3. The number of amides is 1. The van der Waals surface area contributed by atoms with Gasteiger partial charge < -0.3 is 4.74 Å². The lowest BCUT2D eigenvalue weighted by molar-refractivity contribution is -0.118. The summed E-state index contributed by atoms with van der Waals surface area (Å²) < 4.78 is 6.42. The van der Waals surface area contributed by atoms with Crippen molar-refractivity contribution in [3.8, 4) is 5.75 Å². The van der Waals surface area contributed by atoms with Gasteiger partial charge in [-0.2, -0.15) is 0 Å². The molecule has 0 radical (unpaired) electrons. The Morgan fingerprint density at radius 2 is 1.96 bits per heavy atom. The van der Waals surface area contributed by atoms with Crippen LogP contribution in [0.25, 0.3) is 10.8 Å². The molecule has 0 atom stereocenters. The molecule has 0 saturated heterocycles. The summed E-state index contributed by atoms with van der Waals surface area (Å²) in [6.07, 6.45) is 0. The smallest absolute Gasteiger partial charge is 0.264 e. The van der Waals surface area contributed by atoms with Crippen LogP contribution in [-0.4, -0.2) is 22.7 Å². The van der Waals surface area contributed by atoms with Crippen molar-refractivity contribution in [2.45, 2.75) is 10.1 Å². The van der Waals surface area contributed by atoms with Crippen LogP contribution in [0.5, 0.6) is 5.75 Å². The number of thioether (sulfide) groups is 1. The molecule has 0 aliphatic heterocycles. The third-order valence-corrected chi connectivity index (χ3v) is 6.74. The normalized spacial score (nSPS) is 10.8. The first-order valence-electron chi connectivity index (χ1n) is 8.16. The molecule has 4 aromatic rings. The number of ether oxygens (including phenoxy) is 1. The molecule has 2 aromatic carbocycles. The van der Waals surface area contributed by atoms with Crippen molar-refractivity contribution in [2.24, 2.45) is 0 Å². The molecule has 4 rings (SSSR count). The van der Waals surface area contributed by atoms with Crippen molar-refractivity contribution in [1.82, 2.24) is 10.2 Å². The lowest BCUT2D eigenvalue weighted by Gasteiger charge is -2.06. The zero-order valence-electron chi connectivity index (χ0n) is 14.1. The molecule has 136 valence electrons. The summed E-state index contributed by atoms with van der Waals surface area (Å²) in [5, 5.41) is 15.6. The van der Waals surface area contributed by atoms with Crippen LogP contribution in [0.4, 0.5) is 5.13 Å². The van der Waals surface area contributed by atoms with Gasteiger partial charge in [-0.3, -0.25) is 10.1 Å². The maximum atomic E-state index is 12.1. The fraction of sp³-hybridized carbons (Fsp3) is 0.105. The maximum Gasteiger partial charge on any atom is 0.264 e. The van der Waals surface area contributed by atoms with E-state index in [-0.39, 0.29) is 12.5 Å². The SMILES string of the molecule is O=C(COc1ccc2ccccc2c1)Nc1nnc(SCc2cccs2)s1. The molecule has 2 heterocycles. The second-order valence-corrected chi connectivity index (χ2v) is 8.82. The van der Waals surface area contributed by atoms with Gasteiger partial charge >= 0.3 is 0 Å². The van der Waals surface area contributed by atoms with Gasteiger partial charge in [0.25, 0.3) is 5.91 Å². The number of fused-ring (bicyclic) bond motifs is 1. The van der Waals surface area contributed by atoms with Crippen LogP contribution >= 0.6 is 34.4 Å². The number of hydrogen-bond donors (Lipinski definition) is 1. The zero-order chi connectivity index (χ0) is 18.5. The van der Waals surface area contributed by atoms with Gasteiger partial charge in [-0.05, 0) is 34.4 Å². The van der Waals surface area contributed by atoms with Gasteiger partial charge in [-0.25, -0.2) is 0 Å². The van der Waals surface area contributed by atoms with Crippen LogP contribution in [0, 0.1) is 0 Å². The summed E-state index contributed by atoms with van der Waals surface area (Å²) in [5.74, 6) is 1.26. The van der Waals surface area contributed by atoms with Crippen molar-refractivity contribution in [1.29, 1.82) is 0 Å². The van der Waals surface area contributed by atoms with Gasteiger partial charge in [0.15, 0.2) is 10.9 Å². The molecule has 1 N–H and O–H groups in total. The first-order valence-corrected chi connectivity index (χ1v) is 10.8. The Kier molecular flexibility index (Phi) is 5.66. The average Bonchev–Trinajstić information content (AvgIpc) is 3.36. The number of thiophene rings is 1. The Hall–Kier alpha value is -2.42. The van der Waals surface area contributed by atoms with Gasteiger partial charge in [-0.1, -0.05) is 59.5 Å². The minimum atomic E-state index is -0.255. The number of carbonyl (C=O) groups excluding carboxylic acids is 1. The summed E-state index contributed by atoms with van der Waals surface area (Å²) in [6.45, 7) is -0.0738. The highest BCUT2D eigenvalue weighted by Gasteiger charge is 2.10. The highest BCUT2D eigenvalue weighted by molar-refractivity contribution is 8.00. The highest BCUT2D eigenvalue weighted by atomic mass is 32.2. The van der Waals surface area contributed by atoms with E-state index in [1.54, 1.807) is 23.1 Å². The van der Waals surface area contributed by atoms with Gasteiger partial charge in [0.2, 0.25) is 5.13 Å². The second-order valence-electron chi connectivity index (χ2n) is 5.59. The number of carbonyl (C=O) groups is 1. The van der Waals surface area contributed by atoms with E-state index >= 15 is 0 Å². The molecular formula is C19H15N3O2S3. The van der Waals surface area contributed by atoms with Crippen LogP contribution in [0.15, 0.2) is 64.3 Å². The fourth-order valence-electron chi connectivity index (χ4n) is 2.41. The lowest BCUT2D eigenvalue weighted by Crippen LogP contribution is -2.20. The molecule has 0 unspecified atom stereocenters. The van der Waals surface area contributed by atoms with Crippen molar-refractivity contribution < 1.29 is 9.53 Å². The third-order valence-electron chi connectivity index (χ3n) is 3.66. The van der Waals surface area contributed by atoms with E-state index in [4.69, 9.17) is 4.74 Å². The Labute approximate surface area is 168 Å². The summed E-state index contributed by atoms with van der Waals surface area (Å²) >= 11 is 4.69. The minimum absolute atomic E-state index is 0.0738. The highest BCUT2D eigenvalue weighted by Crippen LogP contribution is 2.29. The van der Waals surface area contributed by atoms with Crippen molar-refractivity contribution in [3.05, 3.63) is 64.9 Å². The average molecular weight is 414 g/mol. The van der Waals surface area contributed by atoms with E-state index in [9.17, 15) is 4.79 Å². The van der Waals surface area contributed by atoms with Crippen molar-refractivity contribution in [2.75, 3.05) is 11.9 Å². The molecule has 0 fully saturated rings. The number of benzene rings is 2. The summed E-state index contributed by atoms with van der Waals surface area (Å²) in [7, 11) is 0. The standard InChI is InChI=1S/C19H15N3O2S3/c23-17(11-24-15-8-7-13-4-1-2-5-14(13)10-15)20-18-21-22-19(27-18)26-12-16-6-3-9-25-16/h1-10H,11-12H2,(H,20,21,23). The van der Waals surface area contributed by atoms with Gasteiger partial charge in [0, 0.05) is 10.6 Å². The zero-order valence-corrected chi connectivity index (χ0v) is 16.6. The van der Waals surface area contributed by atoms with Crippen LogP contribution < -0.4 is 10.1 Å². The summed E-state index contributed by atoms with van der Waals surface area (Å²) in [6, 6.07) is 17.9. The largest absolute Gasteiger partial charge is 0.484 e. The monoisotopic (exact) mass is 413 g/mol. The molecule has 5 nitrogen and oxygen atoms in total. The van der Waals surface area contributed by atoms with Crippen molar-refractivity contribution in [3.63, 3.8) is 0 Å². The second kappa shape index (κ2) is 8.51.